The molecular formula is C14H22N2O2. The summed E-state index contributed by atoms with van der Waals surface area (Å²) < 4.78 is 11.1. The third-order valence-electron chi connectivity index (χ3n) is 3.27. The molecule has 2 N–H and O–H groups in total. The standard InChI is InChI=1S/C14H22N2O2/c1-10-8-16(9-11(2)18-10)14-6-13(17-3)5-4-12(14)7-15/h4-6,10-11H,7-9,15H2,1-3H3/t10-,11+. The molecule has 0 aromatic heterocycles. The highest BCUT2D eigenvalue weighted by Gasteiger charge is 2.24. The first-order valence-electron chi connectivity index (χ1n) is 6.41. The molecule has 0 saturated carbocycles. The van der Waals surface area contributed by atoms with E-state index < -0.39 is 0 Å². The summed E-state index contributed by atoms with van der Waals surface area (Å²) in [5.74, 6) is 0.869. The van der Waals surface area contributed by atoms with Crippen LogP contribution >= 0.6 is 0 Å². The van der Waals surface area contributed by atoms with Gasteiger partial charge in [-0.3, -0.25) is 0 Å². The molecule has 1 aromatic carbocycles. The van der Waals surface area contributed by atoms with Crippen LogP contribution in [0.3, 0.4) is 0 Å². The monoisotopic (exact) mass is 250 g/mol. The van der Waals surface area contributed by atoms with E-state index in [0.29, 0.717) is 6.54 Å². The van der Waals surface area contributed by atoms with Crippen LogP contribution < -0.4 is 15.4 Å². The molecule has 100 valence electrons. The van der Waals surface area contributed by atoms with Crippen LogP contribution in [-0.2, 0) is 11.3 Å². The zero-order valence-electron chi connectivity index (χ0n) is 11.3. The highest BCUT2D eigenvalue weighted by molar-refractivity contribution is 5.57. The molecule has 1 saturated heterocycles. The van der Waals surface area contributed by atoms with Gasteiger partial charge in [-0.15, -0.1) is 0 Å². The smallest absolute Gasteiger partial charge is 0.120 e. The number of morpholine rings is 1. The predicted octanol–water partition coefficient (Wildman–Crippen LogP) is 1.77. The molecule has 18 heavy (non-hydrogen) atoms. The van der Waals surface area contributed by atoms with Crippen molar-refractivity contribution in [2.24, 2.45) is 5.73 Å². The second-order valence-electron chi connectivity index (χ2n) is 4.86. The summed E-state index contributed by atoms with van der Waals surface area (Å²) in [5, 5.41) is 0. The molecule has 1 aliphatic heterocycles. The lowest BCUT2D eigenvalue weighted by molar-refractivity contribution is -0.00527. The molecule has 0 aliphatic carbocycles. The van der Waals surface area contributed by atoms with Crippen molar-refractivity contribution in [2.75, 3.05) is 25.1 Å². The van der Waals surface area contributed by atoms with Crippen LogP contribution in [0.5, 0.6) is 5.75 Å². The number of nitrogens with two attached hydrogens (primary N) is 1. The number of nitrogens with zero attached hydrogens (tertiary/aromatic N) is 1. The Hall–Kier alpha value is -1.26. The van der Waals surface area contributed by atoms with Gasteiger partial charge in [0.2, 0.25) is 0 Å². The first-order chi connectivity index (χ1) is 8.63. The maximum Gasteiger partial charge on any atom is 0.120 e. The van der Waals surface area contributed by atoms with Crippen LogP contribution in [0.15, 0.2) is 18.2 Å². The largest absolute Gasteiger partial charge is 0.497 e. The third kappa shape index (κ3) is 2.76. The number of anilines is 1. The van der Waals surface area contributed by atoms with Crippen molar-refractivity contribution in [1.82, 2.24) is 0 Å². The molecule has 4 nitrogen and oxygen atoms in total. The molecule has 1 aromatic rings. The number of hydrogen-bond acceptors (Lipinski definition) is 4. The Morgan fingerprint density at radius 2 is 2.00 bits per heavy atom. The summed E-state index contributed by atoms with van der Waals surface area (Å²) >= 11 is 0. The van der Waals surface area contributed by atoms with Gasteiger partial charge >= 0.3 is 0 Å². The quantitative estimate of drug-likeness (QED) is 0.888. The zero-order valence-corrected chi connectivity index (χ0v) is 11.3. The number of hydrogen-bond donors (Lipinski definition) is 1. The molecule has 1 heterocycles. The highest BCUT2D eigenvalue weighted by atomic mass is 16.5. The third-order valence-corrected chi connectivity index (χ3v) is 3.27. The van der Waals surface area contributed by atoms with Crippen LogP contribution in [0.4, 0.5) is 5.69 Å². The van der Waals surface area contributed by atoms with Crippen molar-refractivity contribution >= 4 is 5.69 Å². The molecule has 1 aliphatic rings. The Kier molecular flexibility index (Phi) is 4.09. The van der Waals surface area contributed by atoms with E-state index in [-0.39, 0.29) is 12.2 Å². The predicted molar refractivity (Wildman–Crippen MR) is 73.1 cm³/mol. The number of ether oxygens (including phenoxy) is 2. The average molecular weight is 250 g/mol. The van der Waals surface area contributed by atoms with Gasteiger partial charge in [0.1, 0.15) is 5.75 Å². The maximum atomic E-state index is 5.82. The van der Waals surface area contributed by atoms with E-state index in [1.54, 1.807) is 7.11 Å². The molecule has 4 heteroatoms. The average Bonchev–Trinajstić information content (AvgIpc) is 2.36. The first-order valence-corrected chi connectivity index (χ1v) is 6.41. The van der Waals surface area contributed by atoms with Crippen LogP contribution in [-0.4, -0.2) is 32.4 Å². The maximum absolute atomic E-state index is 5.82. The van der Waals surface area contributed by atoms with Gasteiger partial charge < -0.3 is 20.1 Å². The molecule has 0 amide bonds. The lowest BCUT2D eigenvalue weighted by Gasteiger charge is -2.37. The van der Waals surface area contributed by atoms with Gasteiger partial charge in [-0.1, -0.05) is 6.07 Å². The molecular weight excluding hydrogens is 228 g/mol. The number of rotatable bonds is 3. The van der Waals surface area contributed by atoms with Crippen molar-refractivity contribution in [3.63, 3.8) is 0 Å². The van der Waals surface area contributed by atoms with Gasteiger partial charge in [-0.2, -0.15) is 0 Å². The van der Waals surface area contributed by atoms with E-state index in [0.717, 1.165) is 24.4 Å². The fourth-order valence-corrected chi connectivity index (χ4v) is 2.51. The van der Waals surface area contributed by atoms with Gasteiger partial charge in [-0.05, 0) is 25.5 Å². The SMILES string of the molecule is COc1ccc(CN)c(N2C[C@@H](C)O[C@@H](C)C2)c1. The summed E-state index contributed by atoms with van der Waals surface area (Å²) in [5.41, 5.74) is 8.14. The van der Waals surface area contributed by atoms with E-state index in [2.05, 4.69) is 24.8 Å². The number of methoxy groups -OCH3 is 1. The van der Waals surface area contributed by atoms with Crippen LogP contribution in [0.2, 0.25) is 0 Å². The minimum atomic E-state index is 0.241. The zero-order chi connectivity index (χ0) is 13.1. The van der Waals surface area contributed by atoms with Gasteiger partial charge in [0.25, 0.3) is 0 Å². The Bertz CT molecular complexity index is 399. The van der Waals surface area contributed by atoms with Crippen molar-refractivity contribution in [1.29, 1.82) is 0 Å². The Balaban J connectivity index is 2.29. The summed E-state index contributed by atoms with van der Waals surface area (Å²) in [6.45, 7) is 6.53. The topological polar surface area (TPSA) is 47.7 Å². The van der Waals surface area contributed by atoms with E-state index >= 15 is 0 Å². The summed E-state index contributed by atoms with van der Waals surface area (Å²) in [6.07, 6.45) is 0.483. The minimum absolute atomic E-state index is 0.241. The van der Waals surface area contributed by atoms with Gasteiger partial charge in [-0.25, -0.2) is 0 Å². The van der Waals surface area contributed by atoms with Crippen LogP contribution in [0.25, 0.3) is 0 Å². The van der Waals surface area contributed by atoms with Crippen LogP contribution in [0, 0.1) is 0 Å². The van der Waals surface area contributed by atoms with Gasteiger partial charge in [0.05, 0.1) is 19.3 Å². The Morgan fingerprint density at radius 1 is 1.33 bits per heavy atom. The van der Waals surface area contributed by atoms with E-state index in [4.69, 9.17) is 15.2 Å². The summed E-state index contributed by atoms with van der Waals surface area (Å²) in [6, 6.07) is 6.06. The summed E-state index contributed by atoms with van der Waals surface area (Å²) in [4.78, 5) is 2.34. The van der Waals surface area contributed by atoms with Crippen molar-refractivity contribution in [3.8, 4) is 5.75 Å². The minimum Gasteiger partial charge on any atom is -0.497 e. The van der Waals surface area contributed by atoms with Gasteiger partial charge in [0, 0.05) is 31.4 Å². The molecule has 1 fully saturated rings. The fraction of sp³-hybridized carbons (Fsp3) is 0.571. The van der Waals surface area contributed by atoms with Gasteiger partial charge in [0.15, 0.2) is 0 Å². The Morgan fingerprint density at radius 3 is 2.56 bits per heavy atom. The van der Waals surface area contributed by atoms with Crippen molar-refractivity contribution in [2.45, 2.75) is 32.6 Å². The Labute approximate surface area is 109 Å². The highest BCUT2D eigenvalue weighted by Crippen LogP contribution is 2.28. The van der Waals surface area contributed by atoms with Crippen LogP contribution in [0.1, 0.15) is 19.4 Å². The molecule has 0 bridgehead atoms. The van der Waals surface area contributed by atoms with Crippen molar-refractivity contribution < 1.29 is 9.47 Å². The fourth-order valence-electron chi connectivity index (χ4n) is 2.51. The van der Waals surface area contributed by atoms with E-state index in [1.807, 2.05) is 12.1 Å². The second kappa shape index (κ2) is 5.59. The molecule has 0 radical (unpaired) electrons. The number of benzene rings is 1. The lowest BCUT2D eigenvalue weighted by atomic mass is 10.1. The normalized spacial score (nSPS) is 24.1. The summed E-state index contributed by atoms with van der Waals surface area (Å²) in [7, 11) is 1.69. The molecule has 2 atom stereocenters. The first kappa shape index (κ1) is 13.2. The second-order valence-corrected chi connectivity index (χ2v) is 4.86. The van der Waals surface area contributed by atoms with E-state index in [1.165, 1.54) is 5.69 Å². The van der Waals surface area contributed by atoms with Crippen molar-refractivity contribution in [3.05, 3.63) is 23.8 Å². The molecule has 0 spiro atoms. The van der Waals surface area contributed by atoms with E-state index in [9.17, 15) is 0 Å². The molecule has 2 rings (SSSR count). The molecule has 0 unspecified atom stereocenters. The lowest BCUT2D eigenvalue weighted by Crippen LogP contribution is -2.45.